The van der Waals surface area contributed by atoms with Gasteiger partial charge >= 0.3 is 0 Å². The van der Waals surface area contributed by atoms with Crippen molar-refractivity contribution < 1.29 is 204 Å². The van der Waals surface area contributed by atoms with E-state index >= 15 is 0 Å². The van der Waals surface area contributed by atoms with Crippen molar-refractivity contribution in [3.05, 3.63) is 10.4 Å². The van der Waals surface area contributed by atoms with E-state index in [0.29, 0.717) is 44.9 Å². The zero-order chi connectivity index (χ0) is 47.7. The molecule has 3 radical (unpaired) electrons. The molecule has 3 N–H and O–H groups in total. The van der Waals surface area contributed by atoms with Crippen LogP contribution in [-0.2, 0) is 56.8 Å². The summed E-state index contributed by atoms with van der Waals surface area (Å²) in [7, 11) is 0. The molecule has 5 heterocycles. The van der Waals surface area contributed by atoms with Crippen LogP contribution < -0.4 is 0 Å². The van der Waals surface area contributed by atoms with E-state index in [-0.39, 0.29) is 224 Å². The fourth-order valence-corrected chi connectivity index (χ4v) is 10.3. The van der Waals surface area contributed by atoms with Crippen molar-refractivity contribution in [2.24, 2.45) is 58.4 Å². The molecule has 0 saturated carbocycles. The van der Waals surface area contributed by atoms with Crippen molar-refractivity contribution in [2.75, 3.05) is 52.8 Å². The Balaban J connectivity index is 0.00000529. The second kappa shape index (κ2) is 32.7. The Labute approximate surface area is 514 Å². The van der Waals surface area contributed by atoms with Crippen LogP contribution in [0.5, 0.6) is 0 Å². The van der Waals surface area contributed by atoms with Gasteiger partial charge in [-0.1, -0.05) is 74.4 Å². The number of hydrogen-bond donors (Lipinski definition) is 3. The zero-order valence-corrected chi connectivity index (χ0v) is 57.3. The molecule has 0 spiro atoms. The number of nitrogens with zero attached hydrogens (tertiary/aromatic N) is 3. The van der Waals surface area contributed by atoms with Crippen LogP contribution in [0.15, 0.2) is 5.11 Å². The second-order valence-corrected chi connectivity index (χ2v) is 19.8. The largest absolute Gasteiger partial charge is 0.394 e. The van der Waals surface area contributed by atoms with Gasteiger partial charge in [0.25, 0.3) is 0 Å². The number of ether oxygens (including phenoxy) is 12. The number of aliphatic hydroxyl groups excluding tert-OH is 3. The first-order chi connectivity index (χ1) is 31.0. The van der Waals surface area contributed by atoms with E-state index in [1.54, 1.807) is 0 Å². The van der Waals surface area contributed by atoms with Crippen molar-refractivity contribution in [1.82, 2.24) is 0 Å². The first kappa shape index (κ1) is 67.1. The molecule has 5 aliphatic rings. The molecule has 0 unspecified atom stereocenters. The van der Waals surface area contributed by atoms with Crippen molar-refractivity contribution in [1.29, 1.82) is 0 Å². The standard InChI is InChI=1S/C47H85N3O15.3Ac/c1-14-35-42(24(3)23(2)32(11)57-35)64-44-28(7)25(4)40(34(13)58-44)63-47-31(10)38(53)43(37(22-52)61-47)65-45-29(8)26(5)39(33(12)59-45)62-46-30(9)27(6)41(36(21-51)60-46)56-20-19-55-18-17-54-16-15-49-50-48;;;/h23-47,51-53H,14-22H2,1-13H3;;;/t23-,24-,25-,26-,27-,28-,29-,30-,31-,32-,33-,34+,35-,36-,37-,38-,39+,40+,41+,42+,43-,44+,45+,46-,47-;;;/m1.../s1. The minimum atomic E-state index is -1.03. The molecular weight excluding hydrogens is 1530 g/mol. The second-order valence-electron chi connectivity index (χ2n) is 19.8. The van der Waals surface area contributed by atoms with E-state index in [1.807, 2.05) is 27.7 Å². The maximum Gasteiger partial charge on any atom is 0.163 e. The molecule has 5 rings (SSSR count). The van der Waals surface area contributed by atoms with Crippen molar-refractivity contribution in [2.45, 2.75) is 195 Å². The van der Waals surface area contributed by atoms with Gasteiger partial charge in [-0.3, -0.25) is 0 Å². The van der Waals surface area contributed by atoms with E-state index in [0.717, 1.165) is 6.42 Å². The monoisotopic (exact) mass is 1610 g/mol. The Morgan fingerprint density at radius 1 is 0.456 bits per heavy atom. The topological polar surface area (TPSA) is 220 Å². The summed E-state index contributed by atoms with van der Waals surface area (Å²) in [5.41, 5.74) is 8.34. The van der Waals surface area contributed by atoms with Crippen LogP contribution in [0, 0.1) is 185 Å². The van der Waals surface area contributed by atoms with Crippen LogP contribution in [0.3, 0.4) is 0 Å². The molecule has 0 amide bonds. The molecule has 0 bridgehead atoms. The summed E-state index contributed by atoms with van der Waals surface area (Å²) < 4.78 is 76.1. The first-order valence-electron chi connectivity index (χ1n) is 24.6. The van der Waals surface area contributed by atoms with Gasteiger partial charge in [0.2, 0.25) is 0 Å². The maximum atomic E-state index is 11.8. The third-order valence-electron chi connectivity index (χ3n) is 15.7. The maximum absolute atomic E-state index is 11.8. The van der Waals surface area contributed by atoms with Gasteiger partial charge < -0.3 is 72.2 Å². The minimum absolute atomic E-state index is 0. The smallest absolute Gasteiger partial charge is 0.163 e. The molecule has 68 heavy (non-hydrogen) atoms. The Morgan fingerprint density at radius 2 is 0.868 bits per heavy atom. The molecule has 0 aromatic heterocycles. The summed E-state index contributed by atoms with van der Waals surface area (Å²) in [4.78, 5) is 2.69. The molecule has 21 heteroatoms. The zero-order valence-electron chi connectivity index (χ0n) is 43.1. The van der Waals surface area contributed by atoms with Crippen molar-refractivity contribution in [3.63, 3.8) is 0 Å². The number of azide groups is 1. The summed E-state index contributed by atoms with van der Waals surface area (Å²) >= 11 is 0. The van der Waals surface area contributed by atoms with Crippen molar-refractivity contribution in [3.8, 4) is 0 Å². The molecule has 25 atom stereocenters. The molecule has 18 nitrogen and oxygen atoms in total. The van der Waals surface area contributed by atoms with Gasteiger partial charge in [-0.15, -0.1) is 0 Å². The number of aliphatic hydroxyl groups is 3. The van der Waals surface area contributed by atoms with Gasteiger partial charge in [0.1, 0.15) is 18.3 Å². The summed E-state index contributed by atoms with van der Waals surface area (Å²) in [6.07, 6.45) is -6.87. The molecule has 0 aromatic rings. The Morgan fingerprint density at radius 3 is 1.37 bits per heavy atom. The van der Waals surface area contributed by atoms with Gasteiger partial charge in [-0.05, 0) is 62.3 Å². The predicted molar refractivity (Wildman–Crippen MR) is 238 cm³/mol. The van der Waals surface area contributed by atoms with E-state index < -0.39 is 68.2 Å². The van der Waals surface area contributed by atoms with Crippen LogP contribution in [-0.4, -0.2) is 167 Å². The quantitative estimate of drug-likeness (QED) is 0.0562. The fraction of sp³-hybridized carbons (Fsp3) is 1.00. The Bertz CT molecular complexity index is 1460. The molecule has 5 saturated heterocycles. The van der Waals surface area contributed by atoms with E-state index in [4.69, 9.17) is 62.4 Å². The molecule has 387 valence electrons. The fourth-order valence-electron chi connectivity index (χ4n) is 10.3. The molecule has 0 aliphatic carbocycles. The summed E-state index contributed by atoms with van der Waals surface area (Å²) in [6, 6.07) is 0. The van der Waals surface area contributed by atoms with Gasteiger partial charge in [0, 0.05) is 167 Å². The van der Waals surface area contributed by atoms with Crippen LogP contribution >= 0.6 is 0 Å². The summed E-state index contributed by atoms with van der Waals surface area (Å²) in [5, 5.41) is 36.2. The predicted octanol–water partition coefficient (Wildman–Crippen LogP) is 5.46. The summed E-state index contributed by atoms with van der Waals surface area (Å²) in [5.74, 6) is -0.109. The third kappa shape index (κ3) is 17.0. The van der Waals surface area contributed by atoms with Gasteiger partial charge in [-0.2, -0.15) is 0 Å². The Hall–Kier alpha value is 3.03. The summed E-state index contributed by atoms with van der Waals surface area (Å²) in [6.45, 7) is 28.5. The molecule has 5 aliphatic heterocycles. The first-order valence-corrected chi connectivity index (χ1v) is 24.6. The average molecular weight is 1610 g/mol. The number of hydrogen-bond acceptors (Lipinski definition) is 16. The SMILES string of the molecule is CC[C@H]1O[C@H](C)[C@H](C)[C@@H](C)[C@@H]1O[C@@H]1O[C@@H](C)[C@@H](O[C@H]2O[C@H](CO)[C@@H](O[C@@H]3O[C@H](C)[C@@H](O[C@H]4O[C@H](CO)[C@@H](OCCOCCOCCN=[N+]=[N-])[C@H](C)[C@H]4C)[C@H](C)[C@H]3C)[C@H](O)[C@H]2C)[C@H](C)[C@H]1C.[Ac].[Ac].[Ac]. The minimum Gasteiger partial charge on any atom is -0.394 e. The number of rotatable bonds is 21. The molecule has 5 fully saturated rings. The van der Waals surface area contributed by atoms with Crippen LogP contribution in [0.4, 0.5) is 0 Å². The van der Waals surface area contributed by atoms with Crippen LogP contribution in [0.2, 0.25) is 0 Å². The normalized spacial score (nSPS) is 45.2. The van der Waals surface area contributed by atoms with E-state index in [2.05, 4.69) is 72.3 Å². The van der Waals surface area contributed by atoms with E-state index in [1.165, 1.54) is 0 Å². The molecule has 0 aromatic carbocycles. The van der Waals surface area contributed by atoms with Gasteiger partial charge in [0.15, 0.2) is 25.2 Å². The van der Waals surface area contributed by atoms with Gasteiger partial charge in [0.05, 0.1) is 101 Å². The van der Waals surface area contributed by atoms with Crippen LogP contribution in [0.25, 0.3) is 10.4 Å². The van der Waals surface area contributed by atoms with Crippen molar-refractivity contribution >= 4 is 0 Å². The van der Waals surface area contributed by atoms with Gasteiger partial charge in [-0.25, -0.2) is 0 Å². The Kier molecular flexibility index (Phi) is 32.3. The third-order valence-corrected chi connectivity index (χ3v) is 15.7. The average Bonchev–Trinajstić information content (AvgIpc) is 3.29. The van der Waals surface area contributed by atoms with Crippen LogP contribution in [0.1, 0.15) is 96.4 Å². The van der Waals surface area contributed by atoms with E-state index in [9.17, 15) is 15.3 Å². The molecular formula is C47H85Ac3N3O15.